The Morgan fingerprint density at radius 3 is 2.04 bits per heavy atom. The molecule has 1 heterocycles. The Morgan fingerprint density at radius 1 is 0.926 bits per heavy atom. The van der Waals surface area contributed by atoms with Gasteiger partial charge in [-0.1, -0.05) is 41.9 Å². The van der Waals surface area contributed by atoms with Crippen molar-refractivity contribution in [2.45, 2.75) is 25.8 Å². The Labute approximate surface area is 161 Å². The Balaban J connectivity index is 2.00. The zero-order chi connectivity index (χ0) is 19.6. The molecule has 0 spiro atoms. The molecule has 1 aliphatic rings. The van der Waals surface area contributed by atoms with Crippen molar-refractivity contribution < 1.29 is 19.2 Å². The minimum absolute atomic E-state index is 0.00940. The van der Waals surface area contributed by atoms with Crippen LogP contribution in [0.15, 0.2) is 54.6 Å². The van der Waals surface area contributed by atoms with Crippen molar-refractivity contribution in [3.8, 4) is 0 Å². The van der Waals surface area contributed by atoms with Crippen LogP contribution < -0.4 is 0 Å². The van der Waals surface area contributed by atoms with E-state index < -0.39 is 23.8 Å². The molecule has 1 atom stereocenters. The second-order valence-electron chi connectivity index (χ2n) is 6.16. The maximum Gasteiger partial charge on any atom is 0.273 e. The molecule has 0 N–H and O–H groups in total. The Morgan fingerprint density at radius 2 is 1.48 bits per heavy atom. The van der Waals surface area contributed by atoms with Crippen LogP contribution in [0.1, 0.15) is 40.5 Å². The van der Waals surface area contributed by atoms with Crippen LogP contribution in [-0.4, -0.2) is 39.6 Å². The molecule has 0 bridgehead atoms. The lowest BCUT2D eigenvalue weighted by atomic mass is 10.0. The first-order valence-corrected chi connectivity index (χ1v) is 8.82. The Hall–Kier alpha value is -2.99. The number of ketones is 1. The van der Waals surface area contributed by atoms with Gasteiger partial charge in [0.1, 0.15) is 6.04 Å². The number of benzene rings is 2. The molecule has 6 nitrogen and oxygen atoms in total. The quantitative estimate of drug-likeness (QED) is 0.586. The van der Waals surface area contributed by atoms with E-state index in [2.05, 4.69) is 0 Å². The second-order valence-corrected chi connectivity index (χ2v) is 6.60. The number of halogens is 1. The van der Waals surface area contributed by atoms with Crippen molar-refractivity contribution in [3.05, 3.63) is 70.7 Å². The number of imide groups is 1. The normalized spacial score (nSPS) is 15.0. The molecule has 3 rings (SSSR count). The maximum absolute atomic E-state index is 13.1. The van der Waals surface area contributed by atoms with Gasteiger partial charge in [0.25, 0.3) is 5.91 Å². The number of rotatable bonds is 5. The number of carbonyl (C=O) groups is 4. The predicted octanol–water partition coefficient (Wildman–Crippen LogP) is 3.12. The molecule has 0 saturated carbocycles. The SMILES string of the molecule is C[C@@H](C(=O)c1ccccc1)N(C(=O)c1ccc(Cl)cc1)N1C(=O)CCC1=O. The summed E-state index contributed by atoms with van der Waals surface area (Å²) in [5.41, 5.74) is 0.609. The Kier molecular flexibility index (Phi) is 5.37. The van der Waals surface area contributed by atoms with Crippen molar-refractivity contribution >= 4 is 35.1 Å². The zero-order valence-electron chi connectivity index (χ0n) is 14.6. The van der Waals surface area contributed by atoms with E-state index in [1.165, 1.54) is 31.2 Å². The van der Waals surface area contributed by atoms with E-state index in [4.69, 9.17) is 11.6 Å². The summed E-state index contributed by atoms with van der Waals surface area (Å²) in [4.78, 5) is 50.5. The first-order chi connectivity index (χ1) is 12.9. The van der Waals surface area contributed by atoms with Gasteiger partial charge in [0.15, 0.2) is 5.78 Å². The number of Topliss-reactive ketones (excluding diaryl/α,β-unsaturated/α-hetero) is 1. The summed E-state index contributed by atoms with van der Waals surface area (Å²) >= 11 is 5.86. The van der Waals surface area contributed by atoms with Gasteiger partial charge >= 0.3 is 0 Å². The third kappa shape index (κ3) is 3.75. The standard InChI is InChI=1S/C20H17ClN2O4/c1-13(19(26)14-5-3-2-4-6-14)22(23-17(24)11-12-18(23)25)20(27)15-7-9-16(21)10-8-15/h2-10,13H,11-12H2,1H3/t13-/m0/s1. The monoisotopic (exact) mass is 384 g/mol. The van der Waals surface area contributed by atoms with Crippen LogP contribution in [0.2, 0.25) is 5.02 Å². The highest BCUT2D eigenvalue weighted by molar-refractivity contribution is 6.30. The van der Waals surface area contributed by atoms with Crippen LogP contribution in [0.4, 0.5) is 0 Å². The highest BCUT2D eigenvalue weighted by Gasteiger charge is 2.41. The van der Waals surface area contributed by atoms with Gasteiger partial charge in [-0.25, -0.2) is 5.01 Å². The van der Waals surface area contributed by atoms with Gasteiger partial charge in [-0.2, -0.15) is 5.01 Å². The van der Waals surface area contributed by atoms with Crippen LogP contribution in [0, 0.1) is 0 Å². The maximum atomic E-state index is 13.1. The molecule has 1 saturated heterocycles. The molecule has 1 fully saturated rings. The van der Waals surface area contributed by atoms with Gasteiger partial charge in [-0.05, 0) is 31.2 Å². The molecule has 2 aromatic rings. The van der Waals surface area contributed by atoms with Crippen molar-refractivity contribution in [2.75, 3.05) is 0 Å². The van der Waals surface area contributed by atoms with Crippen molar-refractivity contribution in [1.29, 1.82) is 0 Å². The van der Waals surface area contributed by atoms with E-state index >= 15 is 0 Å². The number of hydrogen-bond acceptors (Lipinski definition) is 4. The van der Waals surface area contributed by atoms with Gasteiger partial charge in [0, 0.05) is 29.0 Å². The molecular formula is C20H17ClN2O4. The van der Waals surface area contributed by atoms with E-state index in [0.717, 1.165) is 10.0 Å². The molecule has 27 heavy (non-hydrogen) atoms. The van der Waals surface area contributed by atoms with Gasteiger partial charge in [0.2, 0.25) is 11.8 Å². The smallest absolute Gasteiger partial charge is 0.273 e. The van der Waals surface area contributed by atoms with Crippen molar-refractivity contribution in [3.63, 3.8) is 0 Å². The molecule has 0 aromatic heterocycles. The minimum atomic E-state index is -1.04. The van der Waals surface area contributed by atoms with Gasteiger partial charge in [0.05, 0.1) is 0 Å². The topological polar surface area (TPSA) is 74.8 Å². The van der Waals surface area contributed by atoms with Gasteiger partial charge in [-0.3, -0.25) is 19.2 Å². The fraction of sp³-hybridized carbons (Fsp3) is 0.200. The highest BCUT2D eigenvalue weighted by Crippen LogP contribution is 2.22. The van der Waals surface area contributed by atoms with Crippen LogP contribution >= 0.6 is 11.6 Å². The summed E-state index contributed by atoms with van der Waals surface area (Å²) in [5, 5.41) is 2.19. The molecule has 1 aliphatic heterocycles. The molecule has 0 aliphatic carbocycles. The number of nitrogens with zero attached hydrogens (tertiary/aromatic N) is 2. The summed E-state index contributed by atoms with van der Waals surface area (Å²) in [5.74, 6) is -2.00. The number of hydrogen-bond donors (Lipinski definition) is 0. The van der Waals surface area contributed by atoms with E-state index in [-0.39, 0.29) is 24.2 Å². The average molecular weight is 385 g/mol. The largest absolute Gasteiger partial charge is 0.292 e. The summed E-state index contributed by atoms with van der Waals surface area (Å²) < 4.78 is 0. The fourth-order valence-electron chi connectivity index (χ4n) is 2.92. The summed E-state index contributed by atoms with van der Waals surface area (Å²) in [7, 11) is 0. The third-order valence-corrected chi connectivity index (χ3v) is 4.60. The lowest BCUT2D eigenvalue weighted by molar-refractivity contribution is -0.154. The average Bonchev–Trinajstić information content (AvgIpc) is 3.01. The minimum Gasteiger partial charge on any atom is -0.292 e. The predicted molar refractivity (Wildman–Crippen MR) is 98.9 cm³/mol. The molecule has 0 unspecified atom stereocenters. The van der Waals surface area contributed by atoms with Crippen molar-refractivity contribution in [1.82, 2.24) is 10.0 Å². The molecule has 2 aromatic carbocycles. The van der Waals surface area contributed by atoms with Crippen molar-refractivity contribution in [2.24, 2.45) is 0 Å². The summed E-state index contributed by atoms with van der Waals surface area (Å²) in [6.45, 7) is 1.50. The van der Waals surface area contributed by atoms with Crippen LogP contribution in [0.3, 0.4) is 0 Å². The fourth-order valence-corrected chi connectivity index (χ4v) is 3.05. The lowest BCUT2D eigenvalue weighted by Gasteiger charge is -2.34. The van der Waals surface area contributed by atoms with Crippen LogP contribution in [0.5, 0.6) is 0 Å². The number of carbonyl (C=O) groups excluding carboxylic acids is 4. The van der Waals surface area contributed by atoms with E-state index in [1.54, 1.807) is 30.3 Å². The van der Waals surface area contributed by atoms with E-state index in [1.807, 2.05) is 0 Å². The van der Waals surface area contributed by atoms with Crippen LogP contribution in [0.25, 0.3) is 0 Å². The first kappa shape index (κ1) is 18.8. The molecule has 3 amide bonds. The zero-order valence-corrected chi connectivity index (χ0v) is 15.3. The second kappa shape index (κ2) is 7.72. The molecular weight excluding hydrogens is 368 g/mol. The van der Waals surface area contributed by atoms with Gasteiger partial charge < -0.3 is 0 Å². The van der Waals surface area contributed by atoms with E-state index in [0.29, 0.717) is 10.6 Å². The first-order valence-electron chi connectivity index (χ1n) is 8.44. The number of hydrazine groups is 1. The van der Waals surface area contributed by atoms with Gasteiger partial charge in [-0.15, -0.1) is 0 Å². The molecule has 7 heteroatoms. The Bertz CT molecular complexity index is 880. The molecule has 0 radical (unpaired) electrons. The summed E-state index contributed by atoms with van der Waals surface area (Å²) in [6.07, 6.45) is 0.0188. The molecule has 138 valence electrons. The third-order valence-electron chi connectivity index (χ3n) is 4.34. The van der Waals surface area contributed by atoms with E-state index in [9.17, 15) is 19.2 Å². The number of amides is 3. The summed E-state index contributed by atoms with van der Waals surface area (Å²) in [6, 6.07) is 13.4. The highest BCUT2D eigenvalue weighted by atomic mass is 35.5. The lowest BCUT2D eigenvalue weighted by Crippen LogP contribution is -2.55. The van der Waals surface area contributed by atoms with Crippen LogP contribution in [-0.2, 0) is 9.59 Å².